The molecule has 1 fully saturated rings. The minimum absolute atomic E-state index is 0.0362. The van der Waals surface area contributed by atoms with Crippen molar-refractivity contribution in [3.63, 3.8) is 0 Å². The van der Waals surface area contributed by atoms with Crippen molar-refractivity contribution in [3.8, 4) is 5.75 Å². The number of carbonyl (C=O) groups is 2. The van der Waals surface area contributed by atoms with Gasteiger partial charge in [-0.1, -0.05) is 12.1 Å². The van der Waals surface area contributed by atoms with Gasteiger partial charge in [-0.15, -0.1) is 0 Å². The fourth-order valence-corrected chi connectivity index (χ4v) is 2.60. The van der Waals surface area contributed by atoms with Crippen LogP contribution in [0.1, 0.15) is 51.7 Å². The standard InChI is InChI=1S/C19H28N2O5/c1-19(2,3)26-18(24)20-10-9-16(22)13-5-4-6-15(11-13)25-12-14-7-8-17(23)21-14/h4-6,11,14,16,22H,7-10,12H2,1-3H3,(H,20,24)(H,21,23)/t14?,16-/m1/s1. The number of hydrogen-bond donors (Lipinski definition) is 3. The third-order valence-corrected chi connectivity index (χ3v) is 3.87. The predicted molar refractivity (Wildman–Crippen MR) is 96.9 cm³/mol. The van der Waals surface area contributed by atoms with Crippen LogP contribution in [0.5, 0.6) is 5.75 Å². The first-order chi connectivity index (χ1) is 12.2. The van der Waals surface area contributed by atoms with Gasteiger partial charge in [0.1, 0.15) is 18.0 Å². The number of benzene rings is 1. The summed E-state index contributed by atoms with van der Waals surface area (Å²) in [5.74, 6) is 0.697. The molecule has 0 bridgehead atoms. The molecule has 1 aliphatic rings. The molecule has 1 aromatic carbocycles. The molecule has 1 heterocycles. The van der Waals surface area contributed by atoms with Crippen LogP contribution in [0.2, 0.25) is 0 Å². The minimum atomic E-state index is -0.723. The largest absolute Gasteiger partial charge is 0.491 e. The Morgan fingerprint density at radius 1 is 1.42 bits per heavy atom. The SMILES string of the molecule is CC(C)(C)OC(=O)NCC[C@@H](O)c1cccc(OCC2CCC(=O)N2)c1. The Kier molecular flexibility index (Phi) is 6.85. The van der Waals surface area contributed by atoms with Crippen molar-refractivity contribution in [3.05, 3.63) is 29.8 Å². The zero-order valence-electron chi connectivity index (χ0n) is 15.6. The van der Waals surface area contributed by atoms with Crippen LogP contribution in [0.3, 0.4) is 0 Å². The van der Waals surface area contributed by atoms with Gasteiger partial charge in [-0.05, 0) is 51.3 Å². The average molecular weight is 364 g/mol. The second kappa shape index (κ2) is 8.89. The highest BCUT2D eigenvalue weighted by Gasteiger charge is 2.21. The Morgan fingerprint density at radius 2 is 2.19 bits per heavy atom. The van der Waals surface area contributed by atoms with Gasteiger partial charge in [0, 0.05) is 13.0 Å². The number of aliphatic hydroxyl groups is 1. The van der Waals surface area contributed by atoms with Crippen LogP contribution in [-0.2, 0) is 9.53 Å². The summed E-state index contributed by atoms with van der Waals surface area (Å²) in [5, 5.41) is 15.8. The van der Waals surface area contributed by atoms with Gasteiger partial charge in [0.15, 0.2) is 0 Å². The van der Waals surface area contributed by atoms with Gasteiger partial charge >= 0.3 is 6.09 Å². The van der Waals surface area contributed by atoms with Crippen LogP contribution in [0.25, 0.3) is 0 Å². The van der Waals surface area contributed by atoms with E-state index in [1.165, 1.54) is 0 Å². The van der Waals surface area contributed by atoms with Crippen molar-refractivity contribution >= 4 is 12.0 Å². The van der Waals surface area contributed by atoms with E-state index in [1.54, 1.807) is 26.8 Å². The maximum absolute atomic E-state index is 11.6. The molecule has 3 N–H and O–H groups in total. The Hall–Kier alpha value is -2.28. The van der Waals surface area contributed by atoms with E-state index in [-0.39, 0.29) is 11.9 Å². The molecule has 0 saturated carbocycles. The highest BCUT2D eigenvalue weighted by atomic mass is 16.6. The number of nitrogens with one attached hydrogen (secondary N) is 2. The summed E-state index contributed by atoms with van der Waals surface area (Å²) in [7, 11) is 0. The maximum Gasteiger partial charge on any atom is 0.407 e. The van der Waals surface area contributed by atoms with Crippen molar-refractivity contribution in [2.75, 3.05) is 13.2 Å². The summed E-state index contributed by atoms with van der Waals surface area (Å²) < 4.78 is 10.9. The first-order valence-corrected chi connectivity index (χ1v) is 8.90. The molecule has 7 nitrogen and oxygen atoms in total. The van der Waals surface area contributed by atoms with Gasteiger partial charge < -0.3 is 25.2 Å². The smallest absolute Gasteiger partial charge is 0.407 e. The summed E-state index contributed by atoms with van der Waals surface area (Å²) in [6, 6.07) is 7.24. The van der Waals surface area contributed by atoms with Crippen molar-refractivity contribution in [1.29, 1.82) is 0 Å². The third kappa shape index (κ3) is 6.92. The van der Waals surface area contributed by atoms with E-state index in [9.17, 15) is 14.7 Å². The van der Waals surface area contributed by atoms with Crippen LogP contribution >= 0.6 is 0 Å². The van der Waals surface area contributed by atoms with Gasteiger partial charge in [0.2, 0.25) is 5.91 Å². The van der Waals surface area contributed by atoms with E-state index in [4.69, 9.17) is 9.47 Å². The van der Waals surface area contributed by atoms with Crippen LogP contribution in [0.15, 0.2) is 24.3 Å². The second-order valence-electron chi connectivity index (χ2n) is 7.42. The molecule has 144 valence electrons. The van der Waals surface area contributed by atoms with Crippen LogP contribution in [0, 0.1) is 0 Å². The normalized spacial score (nSPS) is 18.2. The summed E-state index contributed by atoms with van der Waals surface area (Å²) in [5.41, 5.74) is 0.164. The van der Waals surface area contributed by atoms with Crippen molar-refractivity contribution in [2.24, 2.45) is 0 Å². The summed E-state index contributed by atoms with van der Waals surface area (Å²) in [6.07, 6.45) is 0.455. The van der Waals surface area contributed by atoms with E-state index in [2.05, 4.69) is 10.6 Å². The molecule has 0 aromatic heterocycles. The van der Waals surface area contributed by atoms with Gasteiger partial charge in [-0.25, -0.2) is 4.79 Å². The molecular formula is C19H28N2O5. The molecule has 7 heteroatoms. The number of hydrogen-bond acceptors (Lipinski definition) is 5. The molecular weight excluding hydrogens is 336 g/mol. The number of carbonyl (C=O) groups excluding carboxylic acids is 2. The van der Waals surface area contributed by atoms with Crippen LogP contribution in [0.4, 0.5) is 4.79 Å². The molecule has 0 aliphatic carbocycles. The van der Waals surface area contributed by atoms with Gasteiger partial charge in [0.25, 0.3) is 0 Å². The molecule has 2 rings (SSSR count). The lowest BCUT2D eigenvalue weighted by atomic mass is 10.1. The topological polar surface area (TPSA) is 96.9 Å². The monoisotopic (exact) mass is 364 g/mol. The molecule has 0 radical (unpaired) electrons. The Morgan fingerprint density at radius 3 is 2.85 bits per heavy atom. The Balaban J connectivity index is 1.77. The van der Waals surface area contributed by atoms with Crippen molar-refractivity contribution in [2.45, 2.75) is 57.8 Å². The lowest BCUT2D eigenvalue weighted by Crippen LogP contribution is -2.33. The van der Waals surface area contributed by atoms with Gasteiger partial charge in [0.05, 0.1) is 12.1 Å². The molecule has 2 amide bonds. The minimum Gasteiger partial charge on any atom is -0.491 e. The highest BCUT2D eigenvalue weighted by Crippen LogP contribution is 2.22. The predicted octanol–water partition coefficient (Wildman–Crippen LogP) is 2.29. The lowest BCUT2D eigenvalue weighted by molar-refractivity contribution is -0.119. The van der Waals surface area contributed by atoms with Gasteiger partial charge in [-0.3, -0.25) is 4.79 Å². The number of amides is 2. The molecule has 1 unspecified atom stereocenters. The van der Waals surface area contributed by atoms with E-state index < -0.39 is 17.8 Å². The van der Waals surface area contributed by atoms with Crippen molar-refractivity contribution in [1.82, 2.24) is 10.6 Å². The van der Waals surface area contributed by atoms with E-state index in [1.807, 2.05) is 18.2 Å². The molecule has 1 aromatic rings. The van der Waals surface area contributed by atoms with E-state index >= 15 is 0 Å². The number of rotatable bonds is 7. The third-order valence-electron chi connectivity index (χ3n) is 3.87. The number of aliphatic hydroxyl groups excluding tert-OH is 1. The summed E-state index contributed by atoms with van der Waals surface area (Å²) in [4.78, 5) is 22.8. The molecule has 1 aliphatic heterocycles. The second-order valence-corrected chi connectivity index (χ2v) is 7.42. The Labute approximate surface area is 154 Å². The number of alkyl carbamates (subject to hydrolysis) is 1. The van der Waals surface area contributed by atoms with E-state index in [0.717, 1.165) is 6.42 Å². The fraction of sp³-hybridized carbons (Fsp3) is 0.579. The summed E-state index contributed by atoms with van der Waals surface area (Å²) in [6.45, 7) is 6.10. The Bertz CT molecular complexity index is 627. The molecule has 26 heavy (non-hydrogen) atoms. The molecule has 1 saturated heterocycles. The zero-order chi connectivity index (χ0) is 19.2. The quantitative estimate of drug-likeness (QED) is 0.690. The molecule has 2 atom stereocenters. The summed E-state index contributed by atoms with van der Waals surface area (Å²) >= 11 is 0. The zero-order valence-corrected chi connectivity index (χ0v) is 15.6. The maximum atomic E-state index is 11.6. The molecule has 0 spiro atoms. The fourth-order valence-electron chi connectivity index (χ4n) is 2.60. The lowest BCUT2D eigenvalue weighted by Gasteiger charge is -2.20. The van der Waals surface area contributed by atoms with Crippen LogP contribution in [-0.4, -0.2) is 41.9 Å². The van der Waals surface area contributed by atoms with E-state index in [0.29, 0.717) is 37.3 Å². The highest BCUT2D eigenvalue weighted by molar-refractivity contribution is 5.78. The first-order valence-electron chi connectivity index (χ1n) is 8.90. The van der Waals surface area contributed by atoms with Crippen LogP contribution < -0.4 is 15.4 Å². The van der Waals surface area contributed by atoms with Crippen molar-refractivity contribution < 1.29 is 24.2 Å². The van der Waals surface area contributed by atoms with Gasteiger partial charge in [-0.2, -0.15) is 0 Å². The number of ether oxygens (including phenoxy) is 2. The first kappa shape index (κ1) is 20.0. The average Bonchev–Trinajstić information content (AvgIpc) is 2.97.